The Hall–Kier alpha value is -3.19. The quantitative estimate of drug-likeness (QED) is 0.664. The van der Waals surface area contributed by atoms with Crippen LogP contribution in [-0.4, -0.2) is 61.9 Å². The summed E-state index contributed by atoms with van der Waals surface area (Å²) in [5, 5.41) is 3.02. The summed E-state index contributed by atoms with van der Waals surface area (Å²) in [5.74, 6) is -0.665. The third-order valence-electron chi connectivity index (χ3n) is 6.15. The molecule has 0 unspecified atom stereocenters. The van der Waals surface area contributed by atoms with E-state index in [1.807, 2.05) is 24.3 Å². The molecule has 31 heavy (non-hydrogen) atoms. The summed E-state index contributed by atoms with van der Waals surface area (Å²) in [7, 11) is 0. The number of hydrogen-bond donors (Lipinski definition) is 2. The number of anilines is 2. The number of rotatable bonds is 7. The zero-order chi connectivity index (χ0) is 21.8. The lowest BCUT2D eigenvalue weighted by Gasteiger charge is -2.34. The molecule has 2 heterocycles. The molecule has 0 radical (unpaired) electrons. The second-order valence-corrected chi connectivity index (χ2v) is 8.07. The fourth-order valence-corrected chi connectivity index (χ4v) is 4.33. The standard InChI is InChI=1S/C24H28N4O3/c1-2-26-14-16-27(17-15-26)21-11-6-5-10-20(21)25-22(29)12-7-13-28-23(30)18-8-3-4-9-19(18)24(28)31/h3-6,8-11H,2,7,12-17H2,1H3,(H,25,29)/p+1. The molecule has 7 heteroatoms. The first-order valence-electron chi connectivity index (χ1n) is 11.0. The van der Waals surface area contributed by atoms with E-state index in [-0.39, 0.29) is 30.7 Å². The van der Waals surface area contributed by atoms with Gasteiger partial charge >= 0.3 is 0 Å². The third-order valence-corrected chi connectivity index (χ3v) is 6.15. The van der Waals surface area contributed by atoms with E-state index in [0.717, 1.165) is 44.1 Å². The van der Waals surface area contributed by atoms with Crippen LogP contribution in [-0.2, 0) is 4.79 Å². The average Bonchev–Trinajstić information content (AvgIpc) is 3.04. The minimum Gasteiger partial charge on any atom is -0.359 e. The van der Waals surface area contributed by atoms with Crippen molar-refractivity contribution in [3.8, 4) is 0 Å². The predicted molar refractivity (Wildman–Crippen MR) is 120 cm³/mol. The first-order chi connectivity index (χ1) is 15.1. The van der Waals surface area contributed by atoms with Crippen molar-refractivity contribution in [3.05, 3.63) is 59.7 Å². The van der Waals surface area contributed by atoms with E-state index in [1.54, 1.807) is 29.2 Å². The van der Waals surface area contributed by atoms with Crippen molar-refractivity contribution >= 4 is 29.1 Å². The van der Waals surface area contributed by atoms with E-state index >= 15 is 0 Å². The number of quaternary nitrogens is 1. The van der Waals surface area contributed by atoms with E-state index < -0.39 is 0 Å². The number of piperazine rings is 1. The number of hydrogen-bond acceptors (Lipinski definition) is 4. The monoisotopic (exact) mass is 421 g/mol. The summed E-state index contributed by atoms with van der Waals surface area (Å²) in [6, 6.07) is 14.7. The Balaban J connectivity index is 1.31. The minimum atomic E-state index is -0.278. The molecule has 3 amide bonds. The van der Waals surface area contributed by atoms with Gasteiger partial charge in [0.1, 0.15) is 0 Å². The summed E-state index contributed by atoms with van der Waals surface area (Å²) in [6.07, 6.45) is 0.674. The van der Waals surface area contributed by atoms with E-state index in [9.17, 15) is 14.4 Å². The first kappa shape index (κ1) is 21.1. The van der Waals surface area contributed by atoms with Crippen molar-refractivity contribution in [1.29, 1.82) is 0 Å². The van der Waals surface area contributed by atoms with Crippen LogP contribution in [0.25, 0.3) is 0 Å². The molecule has 0 bridgehead atoms. The van der Waals surface area contributed by atoms with Gasteiger partial charge in [0.05, 0.1) is 55.2 Å². The van der Waals surface area contributed by atoms with Crippen LogP contribution >= 0.6 is 0 Å². The van der Waals surface area contributed by atoms with Crippen LogP contribution in [0.3, 0.4) is 0 Å². The maximum absolute atomic E-state index is 12.6. The number of carbonyl (C=O) groups excluding carboxylic acids is 3. The highest BCUT2D eigenvalue weighted by Gasteiger charge is 2.34. The smallest absolute Gasteiger partial charge is 0.261 e. The molecular formula is C24H29N4O3+. The van der Waals surface area contributed by atoms with Crippen molar-refractivity contribution in [3.63, 3.8) is 0 Å². The summed E-state index contributed by atoms with van der Waals surface area (Å²) in [6.45, 7) is 7.72. The van der Waals surface area contributed by atoms with Gasteiger partial charge in [-0.2, -0.15) is 0 Å². The van der Waals surface area contributed by atoms with Crippen LogP contribution in [0.1, 0.15) is 40.5 Å². The maximum atomic E-state index is 12.6. The van der Waals surface area contributed by atoms with E-state index in [2.05, 4.69) is 17.1 Å². The molecule has 2 aliphatic heterocycles. The number of fused-ring (bicyclic) bond motifs is 1. The normalized spacial score (nSPS) is 16.5. The molecule has 0 atom stereocenters. The molecule has 2 aromatic carbocycles. The summed E-state index contributed by atoms with van der Waals surface area (Å²) < 4.78 is 0. The predicted octanol–water partition coefficient (Wildman–Crippen LogP) is 1.43. The van der Waals surface area contributed by atoms with Crippen LogP contribution in [0, 0.1) is 0 Å². The Bertz CT molecular complexity index is 947. The Morgan fingerprint density at radius 1 is 0.968 bits per heavy atom. The zero-order valence-corrected chi connectivity index (χ0v) is 17.9. The van der Waals surface area contributed by atoms with Gasteiger partial charge in [-0.3, -0.25) is 19.3 Å². The number of para-hydroxylation sites is 2. The molecule has 162 valence electrons. The number of amides is 3. The largest absolute Gasteiger partial charge is 0.359 e. The van der Waals surface area contributed by atoms with Crippen molar-refractivity contribution < 1.29 is 19.3 Å². The molecule has 4 rings (SSSR count). The number of benzene rings is 2. The summed E-state index contributed by atoms with van der Waals surface area (Å²) in [5.41, 5.74) is 2.74. The number of carbonyl (C=O) groups is 3. The number of imide groups is 1. The second kappa shape index (κ2) is 9.31. The molecule has 1 fully saturated rings. The fourth-order valence-electron chi connectivity index (χ4n) is 4.33. The number of nitrogens with zero attached hydrogens (tertiary/aromatic N) is 2. The Morgan fingerprint density at radius 2 is 1.58 bits per heavy atom. The Labute approximate surface area is 182 Å². The molecule has 2 aliphatic rings. The second-order valence-electron chi connectivity index (χ2n) is 8.07. The van der Waals surface area contributed by atoms with Gasteiger partial charge in [-0.1, -0.05) is 24.3 Å². The van der Waals surface area contributed by atoms with Gasteiger partial charge in [-0.15, -0.1) is 0 Å². The third kappa shape index (κ3) is 4.46. The van der Waals surface area contributed by atoms with Crippen molar-refractivity contribution in [2.45, 2.75) is 19.8 Å². The molecule has 0 aromatic heterocycles. The van der Waals surface area contributed by atoms with Crippen LogP contribution in [0.4, 0.5) is 11.4 Å². The topological polar surface area (TPSA) is 74.2 Å². The van der Waals surface area contributed by atoms with Crippen molar-refractivity contribution in [1.82, 2.24) is 4.90 Å². The molecule has 2 aromatic rings. The van der Waals surface area contributed by atoms with Crippen LogP contribution in [0.15, 0.2) is 48.5 Å². The molecule has 1 saturated heterocycles. The van der Waals surface area contributed by atoms with Gasteiger partial charge in [0.25, 0.3) is 11.8 Å². The van der Waals surface area contributed by atoms with E-state index in [4.69, 9.17) is 0 Å². The van der Waals surface area contributed by atoms with Crippen LogP contribution in [0.2, 0.25) is 0 Å². The Kier molecular flexibility index (Phi) is 6.32. The molecule has 0 saturated carbocycles. The molecule has 0 aliphatic carbocycles. The van der Waals surface area contributed by atoms with Gasteiger partial charge in [0, 0.05) is 13.0 Å². The first-order valence-corrected chi connectivity index (χ1v) is 11.0. The van der Waals surface area contributed by atoms with E-state index in [1.165, 1.54) is 4.90 Å². The average molecular weight is 422 g/mol. The summed E-state index contributed by atoms with van der Waals surface area (Å²) in [4.78, 5) is 42.6. The Morgan fingerprint density at radius 3 is 2.23 bits per heavy atom. The van der Waals surface area contributed by atoms with Gasteiger partial charge < -0.3 is 15.1 Å². The highest BCUT2D eigenvalue weighted by molar-refractivity contribution is 6.21. The lowest BCUT2D eigenvalue weighted by Crippen LogP contribution is -3.14. The van der Waals surface area contributed by atoms with Gasteiger partial charge in [0.15, 0.2) is 0 Å². The molecule has 2 N–H and O–H groups in total. The van der Waals surface area contributed by atoms with Crippen LogP contribution < -0.4 is 15.1 Å². The maximum Gasteiger partial charge on any atom is 0.261 e. The van der Waals surface area contributed by atoms with Crippen molar-refractivity contribution in [2.75, 3.05) is 49.5 Å². The molecule has 0 spiro atoms. The van der Waals surface area contributed by atoms with Gasteiger partial charge in [-0.25, -0.2) is 0 Å². The molecular weight excluding hydrogens is 392 g/mol. The number of nitrogens with one attached hydrogen (secondary N) is 2. The SMILES string of the molecule is CC[NH+]1CCN(c2ccccc2NC(=O)CCCN2C(=O)c3ccccc3C2=O)CC1. The van der Waals surface area contributed by atoms with Crippen molar-refractivity contribution in [2.24, 2.45) is 0 Å². The van der Waals surface area contributed by atoms with Gasteiger partial charge in [0.2, 0.25) is 5.91 Å². The zero-order valence-electron chi connectivity index (χ0n) is 17.9. The summed E-state index contributed by atoms with van der Waals surface area (Å²) >= 11 is 0. The lowest BCUT2D eigenvalue weighted by atomic mass is 10.1. The van der Waals surface area contributed by atoms with Crippen LogP contribution in [0.5, 0.6) is 0 Å². The highest BCUT2D eigenvalue weighted by atomic mass is 16.2. The van der Waals surface area contributed by atoms with Gasteiger partial charge in [-0.05, 0) is 37.6 Å². The van der Waals surface area contributed by atoms with E-state index in [0.29, 0.717) is 17.5 Å². The fraction of sp³-hybridized carbons (Fsp3) is 0.375. The molecule has 7 nitrogen and oxygen atoms in total. The minimum absolute atomic E-state index is 0.109. The highest BCUT2D eigenvalue weighted by Crippen LogP contribution is 2.26. The number of likely N-dealkylation sites (N-methyl/N-ethyl adjacent to an activating group) is 1. The lowest BCUT2D eigenvalue weighted by molar-refractivity contribution is -0.898.